The molecule has 190 valence electrons. The molecule has 1 unspecified atom stereocenters. The van der Waals surface area contributed by atoms with Crippen molar-refractivity contribution in [1.82, 2.24) is 29.7 Å². The van der Waals surface area contributed by atoms with Crippen molar-refractivity contribution >= 4 is 29.5 Å². The third kappa shape index (κ3) is 4.36. The number of halogens is 2. The molecule has 6 rings (SSSR count). The average Bonchev–Trinajstić information content (AvgIpc) is 3.44. The summed E-state index contributed by atoms with van der Waals surface area (Å²) in [5.41, 5.74) is 4.89. The van der Waals surface area contributed by atoms with Crippen molar-refractivity contribution in [2.24, 2.45) is 5.41 Å². The third-order valence-electron chi connectivity index (χ3n) is 7.69. The summed E-state index contributed by atoms with van der Waals surface area (Å²) < 4.78 is 10.2. The molecule has 5 heterocycles. The lowest BCUT2D eigenvalue weighted by Crippen LogP contribution is -2.46. The quantitative estimate of drug-likeness (QED) is 0.373. The van der Waals surface area contributed by atoms with E-state index < -0.39 is 6.10 Å². The first-order valence-electron chi connectivity index (χ1n) is 12.2. The van der Waals surface area contributed by atoms with E-state index in [1.807, 2.05) is 36.7 Å². The highest BCUT2D eigenvalue weighted by atomic mass is 35.5. The standard InChI is InChI=1S/C26H29ClN6O2.ClH/c1-17-20(13-31-33(17)19-11-26(12-19)5-8-28-9-6-26)18-10-23(25-21(27)14-30-32(25)15-18)35-24(16-34)22-4-2-3-7-29-22;/h2-4,7,10,13-15,19,24,28,34H,5-6,8-9,11-12,16H2,1H3;1H. The lowest BCUT2D eigenvalue weighted by atomic mass is 9.60. The number of pyridine rings is 2. The third-order valence-corrected chi connectivity index (χ3v) is 7.96. The zero-order valence-corrected chi connectivity index (χ0v) is 21.7. The largest absolute Gasteiger partial charge is 0.479 e. The molecular formula is C26H30Cl2N6O2. The highest BCUT2D eigenvalue weighted by Gasteiger charge is 2.46. The number of ether oxygens (including phenoxy) is 1. The topological polar surface area (TPSA) is 89.5 Å². The Morgan fingerprint density at radius 1 is 1.22 bits per heavy atom. The zero-order chi connectivity index (χ0) is 24.0. The van der Waals surface area contributed by atoms with Crippen LogP contribution in [0.25, 0.3) is 16.6 Å². The molecule has 8 nitrogen and oxygen atoms in total. The van der Waals surface area contributed by atoms with E-state index in [0.29, 0.717) is 33.4 Å². The molecule has 1 spiro atoms. The number of hydrogen-bond donors (Lipinski definition) is 2. The van der Waals surface area contributed by atoms with Gasteiger partial charge in [-0.15, -0.1) is 12.4 Å². The van der Waals surface area contributed by atoms with Gasteiger partial charge in [-0.1, -0.05) is 17.7 Å². The summed E-state index contributed by atoms with van der Waals surface area (Å²) in [7, 11) is 0. The molecule has 4 aromatic rings. The molecule has 0 bridgehead atoms. The van der Waals surface area contributed by atoms with Gasteiger partial charge in [-0.05, 0) is 69.3 Å². The molecule has 1 saturated carbocycles. The number of aliphatic hydroxyl groups excluding tert-OH is 1. The van der Waals surface area contributed by atoms with Crippen LogP contribution in [0.5, 0.6) is 5.75 Å². The van der Waals surface area contributed by atoms with Crippen molar-refractivity contribution in [1.29, 1.82) is 0 Å². The van der Waals surface area contributed by atoms with Gasteiger partial charge in [0.1, 0.15) is 11.3 Å². The Balaban J connectivity index is 0.00000267. The van der Waals surface area contributed by atoms with E-state index in [9.17, 15) is 5.11 Å². The molecule has 2 N–H and O–H groups in total. The summed E-state index contributed by atoms with van der Waals surface area (Å²) in [6.45, 7) is 4.16. The zero-order valence-electron chi connectivity index (χ0n) is 20.1. The molecule has 1 saturated heterocycles. The van der Waals surface area contributed by atoms with E-state index in [4.69, 9.17) is 21.4 Å². The van der Waals surface area contributed by atoms with Gasteiger partial charge >= 0.3 is 0 Å². The summed E-state index contributed by atoms with van der Waals surface area (Å²) in [6.07, 6.45) is 11.5. The van der Waals surface area contributed by atoms with Gasteiger partial charge in [-0.2, -0.15) is 10.2 Å². The summed E-state index contributed by atoms with van der Waals surface area (Å²) in [4.78, 5) is 4.35. The Bertz CT molecular complexity index is 1340. The lowest BCUT2D eigenvalue weighted by molar-refractivity contribution is 0.0221. The van der Waals surface area contributed by atoms with Crippen LogP contribution in [0, 0.1) is 12.3 Å². The maximum absolute atomic E-state index is 10.0. The summed E-state index contributed by atoms with van der Waals surface area (Å²) >= 11 is 6.46. The van der Waals surface area contributed by atoms with Gasteiger partial charge in [0.2, 0.25) is 0 Å². The van der Waals surface area contributed by atoms with Crippen LogP contribution in [-0.4, -0.2) is 49.2 Å². The molecule has 0 aromatic carbocycles. The molecule has 0 amide bonds. The number of aliphatic hydroxyl groups is 1. The molecule has 1 atom stereocenters. The van der Waals surface area contributed by atoms with Crippen molar-refractivity contribution < 1.29 is 9.84 Å². The Labute approximate surface area is 221 Å². The minimum atomic E-state index is -0.624. The number of aromatic nitrogens is 5. The monoisotopic (exact) mass is 528 g/mol. The van der Waals surface area contributed by atoms with Crippen LogP contribution in [0.3, 0.4) is 0 Å². The first kappa shape index (κ1) is 25.0. The Morgan fingerprint density at radius 2 is 2.03 bits per heavy atom. The minimum absolute atomic E-state index is 0. The summed E-state index contributed by atoms with van der Waals surface area (Å²) in [5.74, 6) is 0.541. The number of nitrogens with one attached hydrogen (secondary N) is 1. The van der Waals surface area contributed by atoms with Gasteiger partial charge in [-0.3, -0.25) is 9.67 Å². The van der Waals surface area contributed by atoms with Gasteiger partial charge in [0.15, 0.2) is 6.10 Å². The first-order chi connectivity index (χ1) is 17.1. The van der Waals surface area contributed by atoms with Crippen molar-refractivity contribution in [2.45, 2.75) is 44.8 Å². The van der Waals surface area contributed by atoms with Crippen LogP contribution >= 0.6 is 24.0 Å². The molecular weight excluding hydrogens is 499 g/mol. The fourth-order valence-electron chi connectivity index (χ4n) is 5.75. The van der Waals surface area contributed by atoms with Crippen LogP contribution in [0.2, 0.25) is 5.02 Å². The number of piperidine rings is 1. The fourth-order valence-corrected chi connectivity index (χ4v) is 5.97. The second-order valence-electron chi connectivity index (χ2n) is 9.82. The molecule has 0 radical (unpaired) electrons. The van der Waals surface area contributed by atoms with E-state index >= 15 is 0 Å². The van der Waals surface area contributed by atoms with Crippen LogP contribution in [0.4, 0.5) is 0 Å². The predicted octanol–water partition coefficient (Wildman–Crippen LogP) is 4.79. The van der Waals surface area contributed by atoms with E-state index in [1.165, 1.54) is 25.7 Å². The highest BCUT2D eigenvalue weighted by molar-refractivity contribution is 6.34. The molecule has 2 fully saturated rings. The Morgan fingerprint density at radius 3 is 2.75 bits per heavy atom. The van der Waals surface area contributed by atoms with Crippen LogP contribution < -0.4 is 10.1 Å². The average molecular weight is 529 g/mol. The molecule has 2 aliphatic rings. The van der Waals surface area contributed by atoms with E-state index in [1.54, 1.807) is 16.9 Å². The van der Waals surface area contributed by atoms with Gasteiger partial charge in [0.05, 0.1) is 35.8 Å². The number of rotatable bonds is 6. The van der Waals surface area contributed by atoms with Crippen LogP contribution in [0.1, 0.15) is 49.2 Å². The van der Waals surface area contributed by atoms with Crippen molar-refractivity contribution in [3.05, 3.63) is 65.5 Å². The van der Waals surface area contributed by atoms with Gasteiger partial charge in [0.25, 0.3) is 0 Å². The van der Waals surface area contributed by atoms with Crippen LogP contribution in [-0.2, 0) is 0 Å². The lowest BCUT2D eigenvalue weighted by Gasteiger charge is -2.50. The predicted molar refractivity (Wildman–Crippen MR) is 141 cm³/mol. The summed E-state index contributed by atoms with van der Waals surface area (Å²) in [6, 6.07) is 7.95. The van der Waals surface area contributed by atoms with Gasteiger partial charge < -0.3 is 15.2 Å². The van der Waals surface area contributed by atoms with E-state index in [2.05, 4.69) is 27.0 Å². The highest BCUT2D eigenvalue weighted by Crippen LogP contribution is 2.54. The number of fused-ring (bicyclic) bond motifs is 1. The van der Waals surface area contributed by atoms with Crippen LogP contribution in [0.15, 0.2) is 49.1 Å². The van der Waals surface area contributed by atoms with Crippen molar-refractivity contribution in [3.8, 4) is 16.9 Å². The molecule has 1 aliphatic carbocycles. The molecule has 4 aromatic heterocycles. The molecule has 1 aliphatic heterocycles. The first-order valence-corrected chi connectivity index (χ1v) is 12.6. The Kier molecular flexibility index (Phi) is 6.96. The second kappa shape index (κ2) is 10.0. The molecule has 36 heavy (non-hydrogen) atoms. The summed E-state index contributed by atoms with van der Waals surface area (Å²) in [5, 5.41) is 23.2. The fraction of sp³-hybridized carbons (Fsp3) is 0.423. The minimum Gasteiger partial charge on any atom is -0.479 e. The second-order valence-corrected chi connectivity index (χ2v) is 10.2. The van der Waals surface area contributed by atoms with Crippen molar-refractivity contribution in [2.75, 3.05) is 19.7 Å². The molecule has 10 heteroatoms. The normalized spacial score (nSPS) is 18.1. The maximum Gasteiger partial charge on any atom is 0.163 e. The van der Waals surface area contributed by atoms with Gasteiger partial charge in [0, 0.05) is 29.2 Å². The Hall–Kier alpha value is -2.65. The smallest absolute Gasteiger partial charge is 0.163 e. The van der Waals surface area contributed by atoms with Crippen molar-refractivity contribution in [3.63, 3.8) is 0 Å². The SMILES string of the molecule is Cc1c(-c2cc(OC(CO)c3ccccn3)c3c(Cl)cnn3c2)cnn1C1CC2(CCNCC2)C1.Cl. The van der Waals surface area contributed by atoms with E-state index in [0.717, 1.165) is 29.9 Å². The number of hydrogen-bond acceptors (Lipinski definition) is 6. The number of nitrogens with zero attached hydrogens (tertiary/aromatic N) is 5. The maximum atomic E-state index is 10.0. The van der Waals surface area contributed by atoms with E-state index in [-0.39, 0.29) is 19.0 Å². The van der Waals surface area contributed by atoms with Gasteiger partial charge in [-0.25, -0.2) is 4.52 Å².